The molecular weight excluding hydrogens is 242 g/mol. The lowest BCUT2D eigenvalue weighted by Gasteiger charge is -2.55. The van der Waals surface area contributed by atoms with E-state index in [0.717, 1.165) is 29.1 Å². The minimum absolute atomic E-state index is 0.0968. The van der Waals surface area contributed by atoms with Crippen LogP contribution in [-0.2, 0) is 5.41 Å². The Kier molecular flexibility index (Phi) is 2.19. The molecule has 0 atom stereocenters. The van der Waals surface area contributed by atoms with Crippen molar-refractivity contribution in [1.82, 2.24) is 5.16 Å². The Labute approximate surface area is 112 Å². The summed E-state index contributed by atoms with van der Waals surface area (Å²) in [5.74, 6) is 2.37. The zero-order valence-corrected chi connectivity index (χ0v) is 11.2. The zero-order valence-electron chi connectivity index (χ0n) is 11.2. The van der Waals surface area contributed by atoms with Crippen molar-refractivity contribution in [3.05, 3.63) is 17.0 Å². The normalized spacial score (nSPS) is 39.7. The van der Waals surface area contributed by atoms with Gasteiger partial charge in [0.1, 0.15) is 5.76 Å². The van der Waals surface area contributed by atoms with Crippen molar-refractivity contribution in [1.29, 1.82) is 0 Å². The fourth-order valence-corrected chi connectivity index (χ4v) is 5.42. The molecule has 19 heavy (non-hydrogen) atoms. The molecule has 0 aromatic carbocycles. The Hall–Kier alpha value is -1.32. The van der Waals surface area contributed by atoms with Crippen molar-refractivity contribution >= 4 is 5.97 Å². The molecule has 4 aliphatic rings. The quantitative estimate of drug-likeness (QED) is 0.888. The van der Waals surface area contributed by atoms with Crippen molar-refractivity contribution < 1.29 is 14.4 Å². The van der Waals surface area contributed by atoms with Crippen LogP contribution in [0, 0.1) is 24.7 Å². The number of carboxylic acid groups (broad SMARTS) is 1. The molecule has 1 heterocycles. The van der Waals surface area contributed by atoms with E-state index < -0.39 is 5.97 Å². The number of carboxylic acids is 1. The number of rotatable bonds is 2. The Morgan fingerprint density at radius 1 is 1.21 bits per heavy atom. The van der Waals surface area contributed by atoms with E-state index in [-0.39, 0.29) is 11.1 Å². The highest BCUT2D eigenvalue weighted by atomic mass is 16.5. The second kappa shape index (κ2) is 3.62. The molecule has 4 aliphatic carbocycles. The van der Waals surface area contributed by atoms with Crippen LogP contribution < -0.4 is 0 Å². The second-order valence-corrected chi connectivity index (χ2v) is 6.99. The first kappa shape index (κ1) is 11.5. The van der Waals surface area contributed by atoms with Gasteiger partial charge >= 0.3 is 5.97 Å². The predicted octanol–water partition coefficient (Wildman–Crippen LogP) is 3.15. The van der Waals surface area contributed by atoms with Crippen LogP contribution in [0.15, 0.2) is 4.52 Å². The number of hydrogen-bond donors (Lipinski definition) is 1. The molecule has 1 aromatic heterocycles. The molecule has 1 aromatic rings. The lowest BCUT2D eigenvalue weighted by atomic mass is 9.49. The number of aromatic carboxylic acids is 1. The third-order valence-electron chi connectivity index (χ3n) is 5.65. The van der Waals surface area contributed by atoms with E-state index >= 15 is 0 Å². The smallest absolute Gasteiger partial charge is 0.358 e. The largest absolute Gasteiger partial charge is 0.476 e. The average molecular weight is 261 g/mol. The van der Waals surface area contributed by atoms with Crippen molar-refractivity contribution in [2.45, 2.75) is 50.9 Å². The van der Waals surface area contributed by atoms with Gasteiger partial charge in [-0.05, 0) is 63.2 Å². The zero-order chi connectivity index (χ0) is 13.2. The van der Waals surface area contributed by atoms with Crippen LogP contribution in [-0.4, -0.2) is 16.2 Å². The van der Waals surface area contributed by atoms with E-state index in [2.05, 4.69) is 5.16 Å². The topological polar surface area (TPSA) is 63.3 Å². The van der Waals surface area contributed by atoms with Gasteiger partial charge in [-0.25, -0.2) is 4.79 Å². The molecule has 0 amide bonds. The van der Waals surface area contributed by atoms with E-state index in [1.807, 2.05) is 6.92 Å². The van der Waals surface area contributed by atoms with E-state index in [1.54, 1.807) is 0 Å². The van der Waals surface area contributed by atoms with E-state index in [9.17, 15) is 4.79 Å². The summed E-state index contributed by atoms with van der Waals surface area (Å²) >= 11 is 0. The number of nitrogens with zero attached hydrogens (tertiary/aromatic N) is 1. The Bertz CT molecular complexity index is 510. The molecule has 5 rings (SSSR count). The van der Waals surface area contributed by atoms with Gasteiger partial charge in [-0.1, -0.05) is 5.16 Å². The summed E-state index contributed by atoms with van der Waals surface area (Å²) in [5, 5.41) is 12.9. The minimum atomic E-state index is -0.975. The lowest BCUT2D eigenvalue weighted by Crippen LogP contribution is -2.48. The maximum absolute atomic E-state index is 11.1. The fourth-order valence-electron chi connectivity index (χ4n) is 5.42. The maximum Gasteiger partial charge on any atom is 0.358 e. The monoisotopic (exact) mass is 261 g/mol. The van der Waals surface area contributed by atoms with Gasteiger partial charge in [0.2, 0.25) is 0 Å². The summed E-state index contributed by atoms with van der Waals surface area (Å²) in [6, 6.07) is 0. The summed E-state index contributed by atoms with van der Waals surface area (Å²) in [6.07, 6.45) is 7.64. The number of aromatic nitrogens is 1. The standard InChI is InChI=1S/C15H19NO3/c1-8-12(14(17)18)16-19-13(8)15-5-9-2-10(6-15)4-11(3-9)7-15/h9-11H,2-7H2,1H3,(H,17,18). The average Bonchev–Trinajstić information content (AvgIpc) is 2.69. The second-order valence-electron chi connectivity index (χ2n) is 6.99. The SMILES string of the molecule is Cc1c(C(=O)O)noc1C12CC3CC(CC(C3)C1)C2. The Morgan fingerprint density at radius 2 is 1.74 bits per heavy atom. The predicted molar refractivity (Wildman–Crippen MR) is 68.0 cm³/mol. The Balaban J connectivity index is 1.77. The first-order valence-corrected chi connectivity index (χ1v) is 7.27. The van der Waals surface area contributed by atoms with Crippen LogP contribution in [0.4, 0.5) is 0 Å². The molecule has 0 radical (unpaired) electrons. The number of hydrogen-bond acceptors (Lipinski definition) is 3. The van der Waals surface area contributed by atoms with Gasteiger partial charge in [-0.2, -0.15) is 0 Å². The van der Waals surface area contributed by atoms with Gasteiger partial charge in [0, 0.05) is 11.0 Å². The molecule has 0 spiro atoms. The van der Waals surface area contributed by atoms with Crippen molar-refractivity contribution in [3.8, 4) is 0 Å². The first-order chi connectivity index (χ1) is 9.07. The van der Waals surface area contributed by atoms with Crippen LogP contribution in [0.3, 0.4) is 0 Å². The highest BCUT2D eigenvalue weighted by molar-refractivity contribution is 5.87. The van der Waals surface area contributed by atoms with Crippen LogP contribution in [0.2, 0.25) is 0 Å². The van der Waals surface area contributed by atoms with E-state index in [1.165, 1.54) is 38.5 Å². The summed E-state index contributed by atoms with van der Waals surface area (Å²) in [4.78, 5) is 11.1. The maximum atomic E-state index is 11.1. The molecule has 4 bridgehead atoms. The third-order valence-corrected chi connectivity index (χ3v) is 5.65. The van der Waals surface area contributed by atoms with Gasteiger partial charge in [0.25, 0.3) is 0 Å². The van der Waals surface area contributed by atoms with Crippen LogP contribution in [0.1, 0.15) is 60.3 Å². The fraction of sp³-hybridized carbons (Fsp3) is 0.733. The summed E-state index contributed by atoms with van der Waals surface area (Å²) in [5.41, 5.74) is 0.958. The van der Waals surface area contributed by atoms with E-state index in [4.69, 9.17) is 9.63 Å². The first-order valence-electron chi connectivity index (χ1n) is 7.27. The van der Waals surface area contributed by atoms with Gasteiger partial charge in [0.05, 0.1) is 0 Å². The lowest BCUT2D eigenvalue weighted by molar-refractivity contribution is -0.0179. The highest BCUT2D eigenvalue weighted by Gasteiger charge is 2.54. The van der Waals surface area contributed by atoms with Crippen LogP contribution in [0.25, 0.3) is 0 Å². The summed E-state index contributed by atoms with van der Waals surface area (Å²) < 4.78 is 5.51. The van der Waals surface area contributed by atoms with Crippen molar-refractivity contribution in [2.75, 3.05) is 0 Å². The Morgan fingerprint density at radius 3 is 2.16 bits per heavy atom. The molecular formula is C15H19NO3. The molecule has 4 fully saturated rings. The minimum Gasteiger partial charge on any atom is -0.476 e. The van der Waals surface area contributed by atoms with Crippen molar-refractivity contribution in [3.63, 3.8) is 0 Å². The van der Waals surface area contributed by atoms with Crippen LogP contribution >= 0.6 is 0 Å². The molecule has 4 nitrogen and oxygen atoms in total. The third kappa shape index (κ3) is 1.52. The molecule has 0 unspecified atom stereocenters. The van der Waals surface area contributed by atoms with E-state index in [0.29, 0.717) is 0 Å². The van der Waals surface area contributed by atoms with Gasteiger partial charge in [0.15, 0.2) is 5.69 Å². The highest BCUT2D eigenvalue weighted by Crippen LogP contribution is 2.61. The van der Waals surface area contributed by atoms with Crippen molar-refractivity contribution in [2.24, 2.45) is 17.8 Å². The summed E-state index contributed by atoms with van der Waals surface area (Å²) in [6.45, 7) is 1.86. The van der Waals surface area contributed by atoms with Gasteiger partial charge in [-0.3, -0.25) is 0 Å². The van der Waals surface area contributed by atoms with Gasteiger partial charge < -0.3 is 9.63 Å². The molecule has 4 saturated carbocycles. The number of carbonyl (C=O) groups is 1. The van der Waals surface area contributed by atoms with Crippen LogP contribution in [0.5, 0.6) is 0 Å². The molecule has 102 valence electrons. The summed E-state index contributed by atoms with van der Waals surface area (Å²) in [7, 11) is 0. The molecule has 4 heteroatoms. The van der Waals surface area contributed by atoms with Gasteiger partial charge in [-0.15, -0.1) is 0 Å². The molecule has 1 N–H and O–H groups in total. The molecule has 0 aliphatic heterocycles. The molecule has 0 saturated heterocycles.